The van der Waals surface area contributed by atoms with Gasteiger partial charge in [-0.05, 0) is 31.4 Å². The van der Waals surface area contributed by atoms with Gasteiger partial charge in [0.2, 0.25) is 0 Å². The van der Waals surface area contributed by atoms with Crippen LogP contribution < -0.4 is 5.32 Å². The highest BCUT2D eigenvalue weighted by Gasteiger charge is 2.37. The molecule has 0 amide bonds. The molecule has 1 unspecified atom stereocenters. The standard InChI is InChI=1S/C25H24N2O6/c1-16-21(24(28)29)23(19-12-8-13-20(15-19)27(31)32)22(17(2)26-16)25(30)33-14-7-6-11-18-9-4-3-5-10-18/h3-6,8-13,15,23,26H,7,14H2,1-2H3,(H,28,29). The van der Waals surface area contributed by atoms with Crippen molar-refractivity contribution < 1.29 is 24.4 Å². The van der Waals surface area contributed by atoms with E-state index in [0.29, 0.717) is 23.4 Å². The Balaban J connectivity index is 1.84. The number of benzene rings is 2. The fraction of sp³-hybridized carbons (Fsp3) is 0.200. The molecule has 0 saturated carbocycles. The van der Waals surface area contributed by atoms with Crippen molar-refractivity contribution in [3.05, 3.63) is 104 Å². The molecule has 170 valence electrons. The van der Waals surface area contributed by atoms with Crippen LogP contribution in [0.2, 0.25) is 0 Å². The molecule has 1 aliphatic rings. The number of esters is 1. The fourth-order valence-corrected chi connectivity index (χ4v) is 3.78. The first kappa shape index (κ1) is 23.5. The Labute approximate surface area is 191 Å². The van der Waals surface area contributed by atoms with Gasteiger partial charge in [0.05, 0.1) is 28.6 Å². The summed E-state index contributed by atoms with van der Waals surface area (Å²) >= 11 is 0. The number of rotatable bonds is 8. The zero-order valence-electron chi connectivity index (χ0n) is 18.3. The lowest BCUT2D eigenvalue weighted by molar-refractivity contribution is -0.384. The summed E-state index contributed by atoms with van der Waals surface area (Å²) in [6.45, 7) is 3.35. The summed E-state index contributed by atoms with van der Waals surface area (Å²) in [7, 11) is 0. The van der Waals surface area contributed by atoms with Crippen LogP contribution in [0.1, 0.15) is 37.3 Å². The van der Waals surface area contributed by atoms with E-state index in [9.17, 15) is 24.8 Å². The van der Waals surface area contributed by atoms with Crippen molar-refractivity contribution in [2.45, 2.75) is 26.2 Å². The number of carboxylic acid groups (broad SMARTS) is 1. The van der Waals surface area contributed by atoms with Gasteiger partial charge in [-0.3, -0.25) is 10.1 Å². The molecule has 2 N–H and O–H groups in total. The number of aliphatic carboxylic acids is 1. The highest BCUT2D eigenvalue weighted by Crippen LogP contribution is 2.39. The molecule has 1 atom stereocenters. The van der Waals surface area contributed by atoms with Crippen LogP contribution in [0.15, 0.2) is 83.2 Å². The van der Waals surface area contributed by atoms with Crippen molar-refractivity contribution in [3.8, 4) is 0 Å². The van der Waals surface area contributed by atoms with E-state index in [1.54, 1.807) is 19.9 Å². The Morgan fingerprint density at radius 3 is 2.45 bits per heavy atom. The third kappa shape index (κ3) is 5.54. The van der Waals surface area contributed by atoms with Gasteiger partial charge >= 0.3 is 11.9 Å². The van der Waals surface area contributed by atoms with Crippen LogP contribution in [0.3, 0.4) is 0 Å². The number of hydrogen-bond donors (Lipinski definition) is 2. The zero-order valence-corrected chi connectivity index (χ0v) is 18.3. The van der Waals surface area contributed by atoms with Gasteiger partial charge in [-0.2, -0.15) is 0 Å². The van der Waals surface area contributed by atoms with Crippen LogP contribution in [0.5, 0.6) is 0 Å². The molecule has 0 aromatic heterocycles. The molecule has 0 bridgehead atoms. The normalized spacial score (nSPS) is 16.0. The van der Waals surface area contributed by atoms with E-state index in [4.69, 9.17) is 4.74 Å². The van der Waals surface area contributed by atoms with Crippen molar-refractivity contribution in [2.24, 2.45) is 0 Å². The first-order valence-corrected chi connectivity index (χ1v) is 10.3. The molecule has 2 aromatic carbocycles. The second-order valence-electron chi connectivity index (χ2n) is 7.53. The summed E-state index contributed by atoms with van der Waals surface area (Å²) in [6, 6.07) is 15.3. The first-order valence-electron chi connectivity index (χ1n) is 10.3. The molecule has 1 aliphatic heterocycles. The molecular formula is C25H24N2O6. The molecule has 1 heterocycles. The van der Waals surface area contributed by atoms with Gasteiger partial charge in [-0.1, -0.05) is 54.6 Å². The molecule has 0 aliphatic carbocycles. The van der Waals surface area contributed by atoms with Gasteiger partial charge in [-0.25, -0.2) is 9.59 Å². The van der Waals surface area contributed by atoms with E-state index in [1.807, 2.05) is 42.5 Å². The molecule has 33 heavy (non-hydrogen) atoms. The summed E-state index contributed by atoms with van der Waals surface area (Å²) < 4.78 is 5.45. The molecule has 2 aromatic rings. The van der Waals surface area contributed by atoms with E-state index in [0.717, 1.165) is 5.56 Å². The van der Waals surface area contributed by atoms with E-state index in [-0.39, 0.29) is 23.4 Å². The maximum atomic E-state index is 13.0. The number of nitrogens with one attached hydrogen (secondary N) is 1. The summed E-state index contributed by atoms with van der Waals surface area (Å²) in [5, 5.41) is 24.0. The number of hydrogen-bond acceptors (Lipinski definition) is 6. The zero-order chi connectivity index (χ0) is 24.0. The quantitative estimate of drug-likeness (QED) is 0.263. The van der Waals surface area contributed by atoms with Crippen LogP contribution in [0.25, 0.3) is 6.08 Å². The van der Waals surface area contributed by atoms with Crippen LogP contribution in [0.4, 0.5) is 5.69 Å². The summed E-state index contributed by atoms with van der Waals surface area (Å²) in [6.07, 6.45) is 4.28. The third-order valence-corrected chi connectivity index (χ3v) is 5.25. The van der Waals surface area contributed by atoms with E-state index < -0.39 is 22.8 Å². The molecule has 0 fully saturated rings. The van der Waals surface area contributed by atoms with E-state index >= 15 is 0 Å². The number of nitro benzene ring substituents is 1. The van der Waals surface area contributed by atoms with Crippen molar-refractivity contribution >= 4 is 23.7 Å². The lowest BCUT2D eigenvalue weighted by atomic mass is 9.80. The minimum Gasteiger partial charge on any atom is -0.478 e. The van der Waals surface area contributed by atoms with Gasteiger partial charge in [0, 0.05) is 23.5 Å². The number of nitro groups is 1. The largest absolute Gasteiger partial charge is 0.478 e. The molecule has 3 rings (SSSR count). The second kappa shape index (κ2) is 10.4. The summed E-state index contributed by atoms with van der Waals surface area (Å²) in [5.74, 6) is -2.90. The van der Waals surface area contributed by atoms with Crippen LogP contribution in [0, 0.1) is 10.1 Å². The predicted octanol–water partition coefficient (Wildman–Crippen LogP) is 4.56. The molecule has 8 nitrogen and oxygen atoms in total. The topological polar surface area (TPSA) is 119 Å². The van der Waals surface area contributed by atoms with Gasteiger partial charge in [-0.15, -0.1) is 0 Å². The predicted molar refractivity (Wildman–Crippen MR) is 123 cm³/mol. The van der Waals surface area contributed by atoms with Gasteiger partial charge < -0.3 is 15.2 Å². The first-order chi connectivity index (χ1) is 15.8. The van der Waals surface area contributed by atoms with Crippen LogP contribution in [-0.2, 0) is 14.3 Å². The lowest BCUT2D eigenvalue weighted by Crippen LogP contribution is -2.32. The van der Waals surface area contributed by atoms with E-state index in [2.05, 4.69) is 5.32 Å². The number of ether oxygens (including phenoxy) is 1. The number of dihydropyridines is 1. The van der Waals surface area contributed by atoms with Gasteiger partial charge in [0.25, 0.3) is 5.69 Å². The number of allylic oxidation sites excluding steroid dienone is 2. The van der Waals surface area contributed by atoms with E-state index in [1.165, 1.54) is 18.2 Å². The Morgan fingerprint density at radius 1 is 1.09 bits per heavy atom. The minimum atomic E-state index is -1.22. The highest BCUT2D eigenvalue weighted by molar-refractivity contribution is 5.99. The van der Waals surface area contributed by atoms with Crippen molar-refractivity contribution in [3.63, 3.8) is 0 Å². The molecule has 0 saturated heterocycles. The smallest absolute Gasteiger partial charge is 0.336 e. The average molecular weight is 448 g/mol. The molecule has 8 heteroatoms. The van der Waals surface area contributed by atoms with Crippen molar-refractivity contribution in [1.82, 2.24) is 5.32 Å². The van der Waals surface area contributed by atoms with Gasteiger partial charge in [0.1, 0.15) is 0 Å². The van der Waals surface area contributed by atoms with Crippen LogP contribution >= 0.6 is 0 Å². The third-order valence-electron chi connectivity index (χ3n) is 5.25. The number of nitrogens with zero attached hydrogens (tertiary/aromatic N) is 1. The number of carboxylic acids is 1. The minimum absolute atomic E-state index is 0.0583. The number of non-ortho nitro benzene ring substituents is 1. The number of carbonyl (C=O) groups excluding carboxylic acids is 1. The molecule has 0 spiro atoms. The van der Waals surface area contributed by atoms with Crippen molar-refractivity contribution in [1.29, 1.82) is 0 Å². The maximum Gasteiger partial charge on any atom is 0.336 e. The summed E-state index contributed by atoms with van der Waals surface area (Å²) in [4.78, 5) is 35.8. The monoisotopic (exact) mass is 448 g/mol. The Kier molecular flexibility index (Phi) is 7.40. The SMILES string of the molecule is CC1=C(C(=O)O)C(c2cccc([N+](=O)[O-])c2)C(C(=O)OCCC=Cc2ccccc2)=C(C)N1. The van der Waals surface area contributed by atoms with Gasteiger partial charge in [0.15, 0.2) is 0 Å². The summed E-state index contributed by atoms with van der Waals surface area (Å²) in [5.41, 5.74) is 2.03. The van der Waals surface area contributed by atoms with Crippen molar-refractivity contribution in [2.75, 3.05) is 6.61 Å². The average Bonchev–Trinajstić information content (AvgIpc) is 2.78. The maximum absolute atomic E-state index is 13.0. The fourth-order valence-electron chi connectivity index (χ4n) is 3.78. The molecule has 0 radical (unpaired) electrons. The van der Waals surface area contributed by atoms with Crippen LogP contribution in [-0.4, -0.2) is 28.6 Å². The second-order valence-corrected chi connectivity index (χ2v) is 7.53. The lowest BCUT2D eigenvalue weighted by Gasteiger charge is -2.29. The Hall–Kier alpha value is -4.20. The Bertz CT molecular complexity index is 1160. The number of carbonyl (C=O) groups is 2. The molecular weight excluding hydrogens is 424 g/mol. The Morgan fingerprint density at radius 2 is 1.79 bits per heavy atom. The highest BCUT2D eigenvalue weighted by atomic mass is 16.6.